The van der Waals surface area contributed by atoms with E-state index in [1.54, 1.807) is 18.2 Å². The maximum atomic E-state index is 13.0. The lowest BCUT2D eigenvalue weighted by molar-refractivity contribution is -0.126. The molecule has 30 heavy (non-hydrogen) atoms. The molecule has 0 radical (unpaired) electrons. The van der Waals surface area contributed by atoms with Gasteiger partial charge >= 0.3 is 0 Å². The number of hydrogen-bond acceptors (Lipinski definition) is 6. The molecule has 1 aliphatic rings. The van der Waals surface area contributed by atoms with Crippen molar-refractivity contribution in [3.05, 3.63) is 53.8 Å². The number of phenols is 1. The molecule has 0 bridgehead atoms. The highest BCUT2D eigenvalue weighted by Crippen LogP contribution is 2.28. The quantitative estimate of drug-likeness (QED) is 0.534. The highest BCUT2D eigenvalue weighted by atomic mass is 32.2. The van der Waals surface area contributed by atoms with E-state index in [4.69, 9.17) is 4.74 Å². The molecular weight excluding hydrogens is 413 g/mol. The van der Waals surface area contributed by atoms with Crippen molar-refractivity contribution in [2.45, 2.75) is 17.7 Å². The van der Waals surface area contributed by atoms with Gasteiger partial charge in [0.15, 0.2) is 11.5 Å². The number of halogens is 1. The van der Waals surface area contributed by atoms with Crippen molar-refractivity contribution >= 4 is 22.1 Å². The molecule has 0 spiro atoms. The average Bonchev–Trinajstić information content (AvgIpc) is 2.75. The third-order valence-electron chi connectivity index (χ3n) is 4.90. The molecule has 10 heteroatoms. The van der Waals surface area contributed by atoms with Crippen molar-refractivity contribution in [1.82, 2.24) is 9.73 Å². The Morgan fingerprint density at radius 3 is 2.53 bits per heavy atom. The summed E-state index contributed by atoms with van der Waals surface area (Å²) in [7, 11) is -2.30. The molecule has 160 valence electrons. The molecule has 1 aliphatic heterocycles. The number of nitrogens with one attached hydrogen (secondary N) is 1. The van der Waals surface area contributed by atoms with E-state index in [0.29, 0.717) is 24.2 Å². The van der Waals surface area contributed by atoms with Crippen LogP contribution < -0.4 is 10.2 Å². The monoisotopic (exact) mass is 435 g/mol. The standard InChI is InChI=1S/C20H22FN3O5S/c1-29-18-4-2-3-15(19(18)25)13-22-23-20(26)14-9-11-24(12-10-14)30(27,28)17-7-5-16(21)6-8-17/h2-8,13-14,25H,9-12H2,1H3,(H,23,26)/b22-13-. The average molecular weight is 435 g/mol. The lowest BCUT2D eigenvalue weighted by Crippen LogP contribution is -2.42. The smallest absolute Gasteiger partial charge is 0.243 e. The number of carbonyl (C=O) groups excluding carboxylic acids is 1. The number of aromatic hydroxyl groups is 1. The van der Waals surface area contributed by atoms with Crippen molar-refractivity contribution in [3.63, 3.8) is 0 Å². The number of methoxy groups -OCH3 is 1. The van der Waals surface area contributed by atoms with Crippen molar-refractivity contribution in [2.75, 3.05) is 20.2 Å². The molecule has 1 fully saturated rings. The number of para-hydroxylation sites is 1. The zero-order valence-electron chi connectivity index (χ0n) is 16.3. The lowest BCUT2D eigenvalue weighted by Gasteiger charge is -2.30. The van der Waals surface area contributed by atoms with Crippen LogP contribution in [0.25, 0.3) is 0 Å². The minimum atomic E-state index is -3.73. The number of ether oxygens (including phenoxy) is 1. The summed E-state index contributed by atoms with van der Waals surface area (Å²) in [5, 5.41) is 13.9. The third-order valence-corrected chi connectivity index (χ3v) is 6.82. The highest BCUT2D eigenvalue weighted by molar-refractivity contribution is 7.89. The van der Waals surface area contributed by atoms with E-state index in [-0.39, 0.29) is 35.6 Å². The molecule has 0 aliphatic carbocycles. The minimum Gasteiger partial charge on any atom is -0.504 e. The van der Waals surface area contributed by atoms with Gasteiger partial charge in [0, 0.05) is 24.6 Å². The van der Waals surface area contributed by atoms with Crippen LogP contribution >= 0.6 is 0 Å². The van der Waals surface area contributed by atoms with Gasteiger partial charge in [-0.15, -0.1) is 0 Å². The van der Waals surface area contributed by atoms with E-state index in [9.17, 15) is 22.7 Å². The van der Waals surface area contributed by atoms with Crippen molar-refractivity contribution < 1.29 is 27.4 Å². The SMILES string of the molecule is COc1cccc(/C=N\NC(=O)C2CCN(S(=O)(=O)c3ccc(F)cc3)CC2)c1O. The Labute approximate surface area is 174 Å². The fourth-order valence-corrected chi connectivity index (χ4v) is 4.65. The molecule has 1 heterocycles. The van der Waals surface area contributed by atoms with E-state index in [1.807, 2.05) is 0 Å². The lowest BCUT2D eigenvalue weighted by atomic mass is 9.98. The van der Waals surface area contributed by atoms with Gasteiger partial charge in [-0.05, 0) is 49.2 Å². The van der Waals surface area contributed by atoms with Crippen LogP contribution in [0.1, 0.15) is 18.4 Å². The predicted molar refractivity (Wildman–Crippen MR) is 108 cm³/mol. The predicted octanol–water partition coefficient (Wildman–Crippen LogP) is 2.09. The molecule has 0 unspecified atom stereocenters. The maximum absolute atomic E-state index is 13.0. The Kier molecular flexibility index (Phi) is 6.68. The number of carbonyl (C=O) groups is 1. The van der Waals surface area contributed by atoms with Gasteiger partial charge in [-0.25, -0.2) is 18.2 Å². The topological polar surface area (TPSA) is 108 Å². The number of sulfonamides is 1. The summed E-state index contributed by atoms with van der Waals surface area (Å²) in [6, 6.07) is 9.55. The molecule has 3 rings (SSSR count). The third kappa shape index (κ3) is 4.77. The Bertz CT molecular complexity index is 1030. The summed E-state index contributed by atoms with van der Waals surface area (Å²) < 4.78 is 44.6. The second-order valence-corrected chi connectivity index (χ2v) is 8.70. The van der Waals surface area contributed by atoms with Crippen LogP contribution in [0.3, 0.4) is 0 Å². The van der Waals surface area contributed by atoms with E-state index in [2.05, 4.69) is 10.5 Å². The van der Waals surface area contributed by atoms with Crippen molar-refractivity contribution in [3.8, 4) is 11.5 Å². The van der Waals surface area contributed by atoms with Gasteiger partial charge < -0.3 is 9.84 Å². The molecular formula is C20H22FN3O5S. The molecule has 1 saturated heterocycles. The molecule has 1 amide bonds. The summed E-state index contributed by atoms with van der Waals surface area (Å²) >= 11 is 0. The molecule has 8 nitrogen and oxygen atoms in total. The summed E-state index contributed by atoms with van der Waals surface area (Å²) in [6.45, 7) is 0.358. The fourth-order valence-electron chi connectivity index (χ4n) is 3.18. The number of amides is 1. The second kappa shape index (κ2) is 9.23. The Balaban J connectivity index is 1.56. The largest absolute Gasteiger partial charge is 0.504 e. The number of hydrazone groups is 1. The molecule has 2 aromatic carbocycles. The molecule has 0 saturated carbocycles. The highest BCUT2D eigenvalue weighted by Gasteiger charge is 2.32. The van der Waals surface area contributed by atoms with Crippen molar-refractivity contribution in [1.29, 1.82) is 0 Å². The van der Waals surface area contributed by atoms with Crippen LogP contribution in [0.5, 0.6) is 11.5 Å². The molecule has 2 aromatic rings. The summed E-state index contributed by atoms with van der Waals surface area (Å²) in [5.74, 6) is -1.02. The van der Waals surface area contributed by atoms with Crippen LogP contribution in [0, 0.1) is 11.7 Å². The van der Waals surface area contributed by atoms with Crippen molar-refractivity contribution in [2.24, 2.45) is 11.0 Å². The number of hydrogen-bond donors (Lipinski definition) is 2. The number of rotatable bonds is 6. The van der Waals surface area contributed by atoms with E-state index in [0.717, 1.165) is 12.1 Å². The van der Waals surface area contributed by atoms with Crippen LogP contribution in [0.4, 0.5) is 4.39 Å². The van der Waals surface area contributed by atoms with Gasteiger partial charge in [0.1, 0.15) is 5.82 Å². The summed E-state index contributed by atoms with van der Waals surface area (Å²) in [5.41, 5.74) is 2.81. The molecule has 0 atom stereocenters. The van der Waals surface area contributed by atoms with Crippen LogP contribution in [0.2, 0.25) is 0 Å². The zero-order valence-corrected chi connectivity index (χ0v) is 17.1. The first-order chi connectivity index (χ1) is 14.3. The van der Waals surface area contributed by atoms with Gasteiger partial charge in [0.05, 0.1) is 18.2 Å². The Morgan fingerprint density at radius 1 is 1.23 bits per heavy atom. The van der Waals surface area contributed by atoms with Crippen LogP contribution in [0.15, 0.2) is 52.5 Å². The number of piperidine rings is 1. The van der Waals surface area contributed by atoms with E-state index < -0.39 is 15.8 Å². The zero-order chi connectivity index (χ0) is 21.7. The first-order valence-corrected chi connectivity index (χ1v) is 10.7. The molecule has 2 N–H and O–H groups in total. The van der Waals surface area contributed by atoms with E-state index >= 15 is 0 Å². The van der Waals surface area contributed by atoms with Gasteiger partial charge in [0.25, 0.3) is 0 Å². The number of benzene rings is 2. The normalized spacial score (nSPS) is 15.9. The Morgan fingerprint density at radius 2 is 1.90 bits per heavy atom. The van der Waals surface area contributed by atoms with Crippen LogP contribution in [-0.4, -0.2) is 50.2 Å². The second-order valence-electron chi connectivity index (χ2n) is 6.76. The number of phenolic OH excluding ortho intramolecular Hbond substituents is 1. The first kappa shape index (κ1) is 21.7. The van der Waals surface area contributed by atoms with Gasteiger partial charge in [-0.3, -0.25) is 4.79 Å². The molecule has 0 aromatic heterocycles. The van der Waals surface area contributed by atoms with Gasteiger partial charge in [-0.2, -0.15) is 9.41 Å². The fraction of sp³-hybridized carbons (Fsp3) is 0.300. The maximum Gasteiger partial charge on any atom is 0.243 e. The summed E-state index contributed by atoms with van der Waals surface area (Å²) in [6.07, 6.45) is 1.99. The van der Waals surface area contributed by atoms with E-state index in [1.165, 1.54) is 29.8 Å². The summed E-state index contributed by atoms with van der Waals surface area (Å²) in [4.78, 5) is 12.4. The van der Waals surface area contributed by atoms with Gasteiger partial charge in [0.2, 0.25) is 15.9 Å². The Hall–Kier alpha value is -2.98. The number of nitrogens with zero attached hydrogens (tertiary/aromatic N) is 2. The first-order valence-electron chi connectivity index (χ1n) is 9.27. The van der Waals surface area contributed by atoms with Crippen LogP contribution in [-0.2, 0) is 14.8 Å². The van der Waals surface area contributed by atoms with Gasteiger partial charge in [-0.1, -0.05) is 6.07 Å². The minimum absolute atomic E-state index is 0.0227.